The van der Waals surface area contributed by atoms with E-state index in [1.165, 1.54) is 15.6 Å². The first-order valence-electron chi connectivity index (χ1n) is 9.84. The molecule has 2 aromatic rings. The second-order valence-corrected chi connectivity index (χ2v) is 10.5. The summed E-state index contributed by atoms with van der Waals surface area (Å²) in [7, 11) is -3.57. The minimum absolute atomic E-state index is 0.116. The van der Waals surface area contributed by atoms with Crippen LogP contribution in [0.1, 0.15) is 28.1 Å². The maximum absolute atomic E-state index is 12.9. The van der Waals surface area contributed by atoms with E-state index in [1.54, 1.807) is 36.4 Å². The second-order valence-electron chi connectivity index (χ2n) is 7.19. The third kappa shape index (κ3) is 5.87. The van der Waals surface area contributed by atoms with Crippen LogP contribution < -0.4 is 10.6 Å². The number of amides is 1. The van der Waals surface area contributed by atoms with Crippen LogP contribution in [0.2, 0.25) is 0 Å². The van der Waals surface area contributed by atoms with E-state index in [0.717, 1.165) is 4.88 Å². The minimum atomic E-state index is -3.57. The van der Waals surface area contributed by atoms with Crippen molar-refractivity contribution >= 4 is 27.3 Å². The number of hydrogen-bond acceptors (Lipinski definition) is 7. The zero-order valence-electron chi connectivity index (χ0n) is 16.5. The summed E-state index contributed by atoms with van der Waals surface area (Å²) < 4.78 is 27.6. The lowest BCUT2D eigenvalue weighted by Crippen LogP contribution is -2.46. The van der Waals surface area contributed by atoms with E-state index in [-0.39, 0.29) is 35.9 Å². The van der Waals surface area contributed by atoms with Crippen LogP contribution in [-0.4, -0.2) is 67.2 Å². The van der Waals surface area contributed by atoms with Crippen molar-refractivity contribution in [2.24, 2.45) is 0 Å². The Bertz CT molecular complexity index is 925. The van der Waals surface area contributed by atoms with Gasteiger partial charge in [-0.1, -0.05) is 18.2 Å². The predicted molar refractivity (Wildman–Crippen MR) is 115 cm³/mol. The average molecular weight is 454 g/mol. The van der Waals surface area contributed by atoms with Crippen molar-refractivity contribution in [1.29, 1.82) is 0 Å². The monoisotopic (exact) mass is 453 g/mol. The van der Waals surface area contributed by atoms with Gasteiger partial charge in [0.2, 0.25) is 0 Å². The Balaban J connectivity index is 1.52. The molecule has 1 aromatic heterocycles. The van der Waals surface area contributed by atoms with Gasteiger partial charge in [-0.15, -0.1) is 11.3 Å². The first-order valence-corrected chi connectivity index (χ1v) is 12.1. The van der Waals surface area contributed by atoms with Gasteiger partial charge in [0.1, 0.15) is 4.21 Å². The summed E-state index contributed by atoms with van der Waals surface area (Å²) in [5, 5.41) is 24.3. The van der Waals surface area contributed by atoms with Gasteiger partial charge in [0, 0.05) is 36.1 Å². The Morgan fingerprint density at radius 2 is 1.87 bits per heavy atom. The van der Waals surface area contributed by atoms with Crippen LogP contribution in [-0.2, 0) is 16.6 Å². The summed E-state index contributed by atoms with van der Waals surface area (Å²) in [4.78, 5) is 12.9. The molecule has 1 amide bonds. The number of nitrogens with zero attached hydrogens (tertiary/aromatic N) is 1. The van der Waals surface area contributed by atoms with Gasteiger partial charge in [0.25, 0.3) is 15.9 Å². The van der Waals surface area contributed by atoms with Crippen molar-refractivity contribution in [2.45, 2.75) is 35.7 Å². The Hall–Kier alpha value is -1.82. The number of piperidine rings is 1. The largest absolute Gasteiger partial charge is 0.394 e. The first-order chi connectivity index (χ1) is 14.4. The Kier molecular flexibility index (Phi) is 7.98. The van der Waals surface area contributed by atoms with Crippen molar-refractivity contribution in [3.8, 4) is 0 Å². The van der Waals surface area contributed by atoms with Gasteiger partial charge >= 0.3 is 0 Å². The lowest BCUT2D eigenvalue weighted by atomic mass is 10.1. The van der Waals surface area contributed by atoms with E-state index in [1.807, 2.05) is 6.07 Å². The van der Waals surface area contributed by atoms with Crippen molar-refractivity contribution in [1.82, 2.24) is 14.9 Å². The van der Waals surface area contributed by atoms with Gasteiger partial charge in [-0.3, -0.25) is 4.79 Å². The van der Waals surface area contributed by atoms with Gasteiger partial charge in [0.15, 0.2) is 0 Å². The van der Waals surface area contributed by atoms with Crippen LogP contribution in [0.25, 0.3) is 0 Å². The molecule has 1 aliphatic heterocycles. The summed E-state index contributed by atoms with van der Waals surface area (Å²) in [6, 6.07) is 12.3. The van der Waals surface area contributed by atoms with Crippen LogP contribution in [0, 0.1) is 0 Å². The molecule has 1 aromatic carbocycles. The first kappa shape index (κ1) is 22.9. The number of aliphatic hydroxyl groups is 2. The number of rotatable bonds is 9. The highest BCUT2D eigenvalue weighted by atomic mass is 32.2. The number of carbonyl (C=O) groups excluding carboxylic acids is 1. The summed E-state index contributed by atoms with van der Waals surface area (Å²) >= 11 is 1.17. The molecule has 1 saturated heterocycles. The van der Waals surface area contributed by atoms with Gasteiger partial charge in [-0.2, -0.15) is 4.31 Å². The topological polar surface area (TPSA) is 119 Å². The molecule has 0 radical (unpaired) electrons. The Morgan fingerprint density at radius 3 is 2.53 bits per heavy atom. The molecule has 1 aliphatic rings. The highest BCUT2D eigenvalue weighted by molar-refractivity contribution is 7.91. The number of sulfonamides is 1. The molecule has 1 unspecified atom stereocenters. The summed E-state index contributed by atoms with van der Waals surface area (Å²) in [6.07, 6.45) is 0.476. The lowest BCUT2D eigenvalue weighted by molar-refractivity contribution is 0.0897. The Labute approximate surface area is 180 Å². The Morgan fingerprint density at radius 1 is 1.17 bits per heavy atom. The maximum Gasteiger partial charge on any atom is 0.252 e. The highest BCUT2D eigenvalue weighted by Crippen LogP contribution is 2.27. The molecule has 8 nitrogen and oxygen atoms in total. The number of aliphatic hydroxyl groups excluding tert-OH is 2. The van der Waals surface area contributed by atoms with E-state index >= 15 is 0 Å². The van der Waals surface area contributed by atoms with Crippen LogP contribution in [0.5, 0.6) is 0 Å². The van der Waals surface area contributed by atoms with Crippen LogP contribution in [0.15, 0.2) is 46.7 Å². The molecule has 3 rings (SSSR count). The molecule has 164 valence electrons. The molecule has 10 heteroatoms. The smallest absolute Gasteiger partial charge is 0.252 e. The highest BCUT2D eigenvalue weighted by Gasteiger charge is 2.30. The molecule has 1 atom stereocenters. The van der Waals surface area contributed by atoms with Gasteiger partial charge < -0.3 is 20.8 Å². The molecule has 0 bridgehead atoms. The quantitative estimate of drug-likeness (QED) is 0.445. The zero-order valence-corrected chi connectivity index (χ0v) is 18.2. The van der Waals surface area contributed by atoms with Gasteiger partial charge in [0.05, 0.1) is 19.3 Å². The van der Waals surface area contributed by atoms with Crippen molar-refractivity contribution in [3.05, 3.63) is 52.9 Å². The lowest BCUT2D eigenvalue weighted by Gasteiger charge is -2.31. The molecule has 4 N–H and O–H groups in total. The molecular weight excluding hydrogens is 426 g/mol. The molecule has 0 spiro atoms. The van der Waals surface area contributed by atoms with E-state index in [2.05, 4.69) is 10.6 Å². The van der Waals surface area contributed by atoms with Crippen LogP contribution >= 0.6 is 11.3 Å². The van der Waals surface area contributed by atoms with E-state index in [9.17, 15) is 18.3 Å². The van der Waals surface area contributed by atoms with Gasteiger partial charge in [-0.25, -0.2) is 8.42 Å². The minimum Gasteiger partial charge on any atom is -0.394 e. The summed E-state index contributed by atoms with van der Waals surface area (Å²) in [6.45, 7) is 1.05. The second kappa shape index (κ2) is 10.5. The number of hydrogen-bond donors (Lipinski definition) is 4. The van der Waals surface area contributed by atoms with E-state index in [4.69, 9.17) is 5.11 Å². The number of benzene rings is 1. The molecule has 2 heterocycles. The standard InChI is InChI=1S/C20H27N3O5S2/c24-14-17(25)12-21-16-8-10-23(11-9-16)30(27,28)19-7-6-18(29-19)13-22-20(26)15-4-2-1-3-5-15/h1-7,16-17,21,24-25H,8-14H2,(H,22,26). The molecule has 0 aliphatic carbocycles. The normalized spacial score (nSPS) is 17.0. The van der Waals surface area contributed by atoms with Crippen molar-refractivity contribution < 1.29 is 23.4 Å². The van der Waals surface area contributed by atoms with E-state index in [0.29, 0.717) is 31.5 Å². The molecular formula is C20H27N3O5S2. The average Bonchev–Trinajstić information content (AvgIpc) is 3.26. The van der Waals surface area contributed by atoms with Crippen LogP contribution in [0.4, 0.5) is 0 Å². The fraction of sp³-hybridized carbons (Fsp3) is 0.450. The zero-order chi connectivity index (χ0) is 21.6. The van der Waals surface area contributed by atoms with E-state index < -0.39 is 16.1 Å². The maximum atomic E-state index is 12.9. The number of nitrogens with one attached hydrogen (secondary N) is 2. The third-order valence-corrected chi connectivity index (χ3v) is 8.45. The number of carbonyl (C=O) groups is 1. The van der Waals surface area contributed by atoms with Gasteiger partial charge in [-0.05, 0) is 37.1 Å². The summed E-state index contributed by atoms with van der Waals surface area (Å²) in [5.74, 6) is -0.200. The predicted octanol–water partition coefficient (Wildman–Crippen LogP) is 0.774. The number of thiophene rings is 1. The van der Waals surface area contributed by atoms with Crippen molar-refractivity contribution in [2.75, 3.05) is 26.2 Å². The molecule has 30 heavy (non-hydrogen) atoms. The fourth-order valence-corrected chi connectivity index (χ4v) is 6.17. The fourth-order valence-electron chi connectivity index (χ4n) is 3.25. The molecule has 0 saturated carbocycles. The SMILES string of the molecule is O=C(NCc1ccc(S(=O)(=O)N2CCC(NCC(O)CO)CC2)s1)c1ccccc1. The molecule has 1 fully saturated rings. The third-order valence-electron chi connectivity index (χ3n) is 5.00. The van der Waals surface area contributed by atoms with Crippen LogP contribution in [0.3, 0.4) is 0 Å². The van der Waals surface area contributed by atoms with Crippen molar-refractivity contribution in [3.63, 3.8) is 0 Å². The summed E-state index contributed by atoms with van der Waals surface area (Å²) in [5.41, 5.74) is 0.560.